The van der Waals surface area contributed by atoms with Gasteiger partial charge in [-0.3, -0.25) is 14.4 Å². The summed E-state index contributed by atoms with van der Waals surface area (Å²) < 4.78 is 7.69. The molecule has 1 aromatic heterocycles. The lowest BCUT2D eigenvalue weighted by Gasteiger charge is -2.26. The normalized spacial score (nSPS) is 17.9. The zero-order valence-electron chi connectivity index (χ0n) is 16.1. The molecule has 0 unspecified atom stereocenters. The fraction of sp³-hybridized carbons (Fsp3) is 0.524. The molecule has 1 aromatic carbocycles. The van der Waals surface area contributed by atoms with Crippen LogP contribution in [0.4, 0.5) is 0 Å². The molecule has 0 saturated carbocycles. The van der Waals surface area contributed by atoms with Crippen LogP contribution < -0.4 is 4.74 Å². The first-order valence-electron chi connectivity index (χ1n) is 10.0. The van der Waals surface area contributed by atoms with Crippen LogP contribution in [0.25, 0.3) is 0 Å². The summed E-state index contributed by atoms with van der Waals surface area (Å²) in [7, 11) is 0. The summed E-state index contributed by atoms with van der Waals surface area (Å²) in [5.74, 6) is 0.867. The summed E-state index contributed by atoms with van der Waals surface area (Å²) in [6.07, 6.45) is 5.78. The van der Waals surface area contributed by atoms with Crippen LogP contribution in [-0.2, 0) is 19.6 Å². The quantitative estimate of drug-likeness (QED) is 0.833. The number of fused-ring (bicyclic) bond motifs is 1. The Morgan fingerprint density at radius 1 is 1.15 bits per heavy atom. The zero-order chi connectivity index (χ0) is 18.6. The highest BCUT2D eigenvalue weighted by Crippen LogP contribution is 2.26. The number of aromatic nitrogens is 2. The molecule has 4 rings (SSSR count). The van der Waals surface area contributed by atoms with E-state index in [0.29, 0.717) is 25.4 Å². The number of nitrogens with zero attached hydrogens (tertiary/aromatic N) is 4. The molecule has 144 valence electrons. The molecular weight excluding hydrogens is 340 g/mol. The van der Waals surface area contributed by atoms with E-state index in [1.807, 2.05) is 18.0 Å². The van der Waals surface area contributed by atoms with Gasteiger partial charge in [-0.15, -0.1) is 0 Å². The molecule has 6 nitrogen and oxygen atoms in total. The third kappa shape index (κ3) is 4.16. The Balaban J connectivity index is 1.49. The number of aryl methyl sites for hydroxylation is 1. The summed E-state index contributed by atoms with van der Waals surface area (Å²) in [5.41, 5.74) is 2.89. The number of rotatable bonds is 4. The maximum Gasteiger partial charge on any atom is 0.274 e. The first kappa shape index (κ1) is 18.0. The minimum atomic E-state index is -0.0277. The van der Waals surface area contributed by atoms with Gasteiger partial charge >= 0.3 is 0 Å². The van der Waals surface area contributed by atoms with Crippen molar-refractivity contribution in [2.45, 2.75) is 45.8 Å². The number of hydrogen-bond donors (Lipinski definition) is 0. The fourth-order valence-corrected chi connectivity index (χ4v) is 3.91. The molecule has 0 aliphatic carbocycles. The number of likely N-dealkylation sites (tertiary alicyclic amines) is 1. The predicted molar refractivity (Wildman–Crippen MR) is 104 cm³/mol. The van der Waals surface area contributed by atoms with Crippen molar-refractivity contribution in [1.29, 1.82) is 0 Å². The van der Waals surface area contributed by atoms with Crippen LogP contribution in [0.5, 0.6) is 5.75 Å². The van der Waals surface area contributed by atoms with Crippen molar-refractivity contribution in [2.24, 2.45) is 0 Å². The topological polar surface area (TPSA) is 50.6 Å². The Morgan fingerprint density at radius 2 is 2.00 bits per heavy atom. The zero-order valence-corrected chi connectivity index (χ0v) is 16.1. The first-order valence-corrected chi connectivity index (χ1v) is 10.0. The molecule has 0 bridgehead atoms. The number of carbonyl (C=O) groups is 1. The van der Waals surface area contributed by atoms with Crippen molar-refractivity contribution in [1.82, 2.24) is 19.6 Å². The van der Waals surface area contributed by atoms with E-state index in [0.717, 1.165) is 24.4 Å². The largest absolute Gasteiger partial charge is 0.491 e. The van der Waals surface area contributed by atoms with Gasteiger partial charge in [-0.25, -0.2) is 0 Å². The molecular formula is C21H28N4O2. The second-order valence-corrected chi connectivity index (χ2v) is 7.41. The highest BCUT2D eigenvalue weighted by molar-refractivity contribution is 5.92. The lowest BCUT2D eigenvalue weighted by molar-refractivity contribution is 0.0726. The van der Waals surface area contributed by atoms with E-state index < -0.39 is 0 Å². The van der Waals surface area contributed by atoms with Crippen LogP contribution >= 0.6 is 0 Å². The molecule has 1 amide bonds. The van der Waals surface area contributed by atoms with E-state index in [4.69, 9.17) is 4.74 Å². The minimum Gasteiger partial charge on any atom is -0.491 e. The third-order valence-corrected chi connectivity index (χ3v) is 5.43. The highest BCUT2D eigenvalue weighted by atomic mass is 16.5. The smallest absolute Gasteiger partial charge is 0.274 e. The number of hydrogen-bond acceptors (Lipinski definition) is 4. The molecule has 2 aliphatic rings. The number of benzene rings is 1. The van der Waals surface area contributed by atoms with E-state index in [-0.39, 0.29) is 5.91 Å². The molecule has 2 aliphatic heterocycles. The fourth-order valence-electron chi connectivity index (χ4n) is 3.91. The molecule has 0 atom stereocenters. The van der Waals surface area contributed by atoms with E-state index in [9.17, 15) is 4.79 Å². The molecule has 6 heteroatoms. The van der Waals surface area contributed by atoms with Crippen LogP contribution in [0.1, 0.15) is 47.8 Å². The van der Waals surface area contributed by atoms with E-state index in [2.05, 4.69) is 28.2 Å². The summed E-state index contributed by atoms with van der Waals surface area (Å²) in [6, 6.07) is 8.23. The maximum atomic E-state index is 12.9. The van der Waals surface area contributed by atoms with Crippen molar-refractivity contribution in [3.63, 3.8) is 0 Å². The van der Waals surface area contributed by atoms with Crippen molar-refractivity contribution in [3.8, 4) is 5.75 Å². The summed E-state index contributed by atoms with van der Waals surface area (Å²) in [6.45, 7) is 7.77. The van der Waals surface area contributed by atoms with Gasteiger partial charge in [-0.05, 0) is 56.6 Å². The van der Waals surface area contributed by atoms with Crippen LogP contribution in [0.3, 0.4) is 0 Å². The van der Waals surface area contributed by atoms with Gasteiger partial charge in [0.25, 0.3) is 5.91 Å². The SMILES string of the molecule is CCn1ccc(C(=O)N2CCOc3ccc(CN4CCCCC4)cc3C2)n1. The molecule has 0 spiro atoms. The Hall–Kier alpha value is -2.34. The van der Waals surface area contributed by atoms with Crippen LogP contribution in [0.15, 0.2) is 30.5 Å². The van der Waals surface area contributed by atoms with Gasteiger partial charge in [0.05, 0.1) is 6.54 Å². The van der Waals surface area contributed by atoms with Gasteiger partial charge in [0.1, 0.15) is 18.1 Å². The third-order valence-electron chi connectivity index (χ3n) is 5.43. The minimum absolute atomic E-state index is 0.0277. The van der Waals surface area contributed by atoms with Crippen molar-refractivity contribution < 1.29 is 9.53 Å². The molecule has 0 radical (unpaired) electrons. The molecule has 1 fully saturated rings. The van der Waals surface area contributed by atoms with Crippen molar-refractivity contribution >= 4 is 5.91 Å². The Kier molecular flexibility index (Phi) is 5.43. The highest BCUT2D eigenvalue weighted by Gasteiger charge is 2.23. The van der Waals surface area contributed by atoms with E-state index >= 15 is 0 Å². The van der Waals surface area contributed by atoms with E-state index in [1.54, 1.807) is 10.7 Å². The molecule has 1 saturated heterocycles. The summed E-state index contributed by atoms with van der Waals surface area (Å²) in [4.78, 5) is 17.2. The second-order valence-electron chi connectivity index (χ2n) is 7.41. The Labute approximate surface area is 160 Å². The maximum absolute atomic E-state index is 12.9. The van der Waals surface area contributed by atoms with Gasteiger partial charge in [0.2, 0.25) is 0 Å². The van der Waals surface area contributed by atoms with Crippen molar-refractivity contribution in [2.75, 3.05) is 26.2 Å². The van der Waals surface area contributed by atoms with Gasteiger partial charge < -0.3 is 9.64 Å². The lowest BCUT2D eigenvalue weighted by atomic mass is 10.1. The van der Waals surface area contributed by atoms with Gasteiger partial charge in [-0.2, -0.15) is 5.10 Å². The Bertz CT molecular complexity index is 795. The van der Waals surface area contributed by atoms with Crippen LogP contribution in [-0.4, -0.2) is 51.7 Å². The van der Waals surface area contributed by atoms with E-state index in [1.165, 1.54) is 37.9 Å². The van der Waals surface area contributed by atoms with Crippen LogP contribution in [0.2, 0.25) is 0 Å². The Morgan fingerprint density at radius 3 is 2.78 bits per heavy atom. The number of carbonyl (C=O) groups excluding carboxylic acids is 1. The predicted octanol–water partition coefficient (Wildman–Crippen LogP) is 2.92. The lowest BCUT2D eigenvalue weighted by Crippen LogP contribution is -2.33. The molecule has 0 N–H and O–H groups in total. The van der Waals surface area contributed by atoms with Gasteiger partial charge in [0.15, 0.2) is 0 Å². The number of piperidine rings is 1. The first-order chi connectivity index (χ1) is 13.2. The molecule has 2 aromatic rings. The van der Waals surface area contributed by atoms with Gasteiger partial charge in [0, 0.05) is 31.4 Å². The average Bonchev–Trinajstić information content (AvgIpc) is 3.08. The van der Waals surface area contributed by atoms with Crippen LogP contribution in [0, 0.1) is 0 Å². The van der Waals surface area contributed by atoms with Crippen molar-refractivity contribution in [3.05, 3.63) is 47.3 Å². The standard InChI is InChI=1S/C21H28N4O2/c1-2-25-11-8-19(22-25)21(26)24-12-13-27-20-7-6-17(14-18(20)16-24)15-23-9-4-3-5-10-23/h6-8,11,14H,2-5,9-10,12-13,15-16H2,1H3. The monoisotopic (exact) mass is 368 g/mol. The second kappa shape index (κ2) is 8.13. The average molecular weight is 368 g/mol. The summed E-state index contributed by atoms with van der Waals surface area (Å²) in [5, 5.41) is 4.36. The molecule has 27 heavy (non-hydrogen) atoms. The number of ether oxygens (including phenoxy) is 1. The summed E-state index contributed by atoms with van der Waals surface area (Å²) >= 11 is 0. The number of amides is 1. The van der Waals surface area contributed by atoms with Gasteiger partial charge in [-0.1, -0.05) is 12.5 Å². The molecule has 3 heterocycles.